The number of halogens is 2. The summed E-state index contributed by atoms with van der Waals surface area (Å²) in [4.78, 5) is 102. The molecule has 0 saturated carbocycles. The highest BCUT2D eigenvalue weighted by molar-refractivity contribution is 7.13. The standard InChI is InChI=1S/C53H66FN9O8S.ClH/c1-29(31-17-19-34(20-18-31)46-30(2)57-28-72-46)58-49(68)40-26-36(64)27-62(40)52(71)47(53(3,4)5)61-43(66)16-8-6-7-11-32-12-10-15-38(44(32)54)59-48(67)39(23-24-42(56)65)60-50(69)41-25-35-14-9-13-33-21-22-37(55)51(70)63(41)45(33)35;/h9-10,12-15,17-20,28-29,36-37,39-41,47,64H,6-8,11,16,21-27,55H2,1-5H3,(H2,56,65)(H,58,68)(H,59,67)(H,60,69)(H,61,66);1H/t29-,36+,37-,39-,40-,41-,47+;/m0./s1. The van der Waals surface area contributed by atoms with E-state index in [1.165, 1.54) is 15.9 Å². The number of unbranched alkanes of at least 4 members (excludes halogenated alkanes) is 2. The lowest BCUT2D eigenvalue weighted by atomic mass is 9.85. The van der Waals surface area contributed by atoms with Crippen molar-refractivity contribution in [1.82, 2.24) is 25.8 Å². The fraction of sp³-hybridized carbons (Fsp3) is 0.472. The number of anilines is 2. The summed E-state index contributed by atoms with van der Waals surface area (Å²) >= 11 is 1.55. The minimum absolute atomic E-state index is 0. The number of nitrogens with one attached hydrogen (secondary N) is 4. The van der Waals surface area contributed by atoms with E-state index < -0.39 is 83.0 Å². The van der Waals surface area contributed by atoms with Gasteiger partial charge in [-0.1, -0.05) is 81.8 Å². The monoisotopic (exact) mass is 1040 g/mol. The van der Waals surface area contributed by atoms with Crippen LogP contribution in [0, 0.1) is 18.2 Å². The number of likely N-dealkylation sites (tertiary alicyclic amines) is 1. The Hall–Kier alpha value is -6.28. The van der Waals surface area contributed by atoms with Crippen molar-refractivity contribution in [3.63, 3.8) is 0 Å². The molecule has 3 aliphatic rings. The van der Waals surface area contributed by atoms with Crippen LogP contribution in [-0.4, -0.2) is 99.2 Å². The Morgan fingerprint density at radius 1 is 0.918 bits per heavy atom. The van der Waals surface area contributed by atoms with Crippen LogP contribution in [0.3, 0.4) is 0 Å². The molecule has 0 radical (unpaired) electrons. The van der Waals surface area contributed by atoms with E-state index in [9.17, 15) is 38.7 Å². The Bertz CT molecular complexity index is 2700. The summed E-state index contributed by atoms with van der Waals surface area (Å²) in [6.07, 6.45) is 1.70. The first kappa shape index (κ1) is 56.0. The number of hydrogen-bond acceptors (Lipinski definition) is 11. The predicted molar refractivity (Wildman–Crippen MR) is 279 cm³/mol. The SMILES string of the molecule is Cc1ncsc1-c1ccc([C@H](C)NC(=O)[C@@H]2C[C@@H](O)CN2C(=O)[C@@H](NC(=O)CCCCCc2cccc(NC(=O)[C@H](CCC(N)=O)NC(=O)[C@@H]3Cc4cccc5c4N3C(=O)[C@@H](N)CC5)c2F)C(C)(C)C)cc1.Cl. The van der Waals surface area contributed by atoms with Crippen LogP contribution in [-0.2, 0) is 52.8 Å². The van der Waals surface area contributed by atoms with Crippen molar-refractivity contribution in [2.24, 2.45) is 16.9 Å². The van der Waals surface area contributed by atoms with Gasteiger partial charge in [0.2, 0.25) is 41.4 Å². The number of aliphatic hydroxyl groups excluding tert-OH is 1. The molecule has 3 aliphatic heterocycles. The summed E-state index contributed by atoms with van der Waals surface area (Å²) in [6, 6.07) is 12.6. The number of aryl methyl sites for hydroxylation is 3. The van der Waals surface area contributed by atoms with Crippen molar-refractivity contribution in [3.05, 3.63) is 99.9 Å². The lowest BCUT2D eigenvalue weighted by Gasteiger charge is -2.35. The van der Waals surface area contributed by atoms with Gasteiger partial charge < -0.3 is 42.7 Å². The van der Waals surface area contributed by atoms with Crippen LogP contribution in [0.1, 0.15) is 113 Å². The smallest absolute Gasteiger partial charge is 0.247 e. The van der Waals surface area contributed by atoms with Crippen molar-refractivity contribution in [1.29, 1.82) is 0 Å². The Morgan fingerprint density at radius 2 is 1.62 bits per heavy atom. The molecule has 9 N–H and O–H groups in total. The molecule has 7 amide bonds. The molecule has 1 saturated heterocycles. The normalized spacial score (nSPS) is 19.4. The molecule has 4 aromatic rings. The highest BCUT2D eigenvalue weighted by Gasteiger charge is 2.46. The molecule has 0 unspecified atom stereocenters. The molecule has 7 atom stereocenters. The van der Waals surface area contributed by atoms with Crippen LogP contribution < -0.4 is 37.6 Å². The molecular formula is C53H67ClFN9O8S. The summed E-state index contributed by atoms with van der Waals surface area (Å²) < 4.78 is 16.0. The van der Waals surface area contributed by atoms with E-state index in [0.29, 0.717) is 43.4 Å². The number of nitrogens with zero attached hydrogens (tertiary/aromatic N) is 3. The molecule has 0 spiro atoms. The first-order valence-electron chi connectivity index (χ1n) is 24.7. The van der Waals surface area contributed by atoms with E-state index in [0.717, 1.165) is 32.8 Å². The molecule has 4 heterocycles. The van der Waals surface area contributed by atoms with Gasteiger partial charge >= 0.3 is 0 Å². The van der Waals surface area contributed by atoms with Gasteiger partial charge in [-0.05, 0) is 91.7 Å². The molecule has 7 rings (SSSR count). The Labute approximate surface area is 435 Å². The van der Waals surface area contributed by atoms with E-state index in [-0.39, 0.29) is 75.1 Å². The molecule has 1 fully saturated rings. The number of amides is 7. The van der Waals surface area contributed by atoms with E-state index in [1.54, 1.807) is 29.0 Å². The summed E-state index contributed by atoms with van der Waals surface area (Å²) in [6.45, 7) is 9.20. The number of β-amino-alcohol motifs (C(OH)–C–C–N with tert-alkyl or cyclic N) is 1. The third-order valence-corrected chi connectivity index (χ3v) is 14.8. The molecular weight excluding hydrogens is 977 g/mol. The fourth-order valence-corrected chi connectivity index (χ4v) is 10.6. The molecule has 0 aliphatic carbocycles. The lowest BCUT2D eigenvalue weighted by molar-refractivity contribution is -0.144. The van der Waals surface area contributed by atoms with Crippen LogP contribution in [0.2, 0.25) is 0 Å². The number of rotatable bonds is 19. The molecule has 73 heavy (non-hydrogen) atoms. The number of benzene rings is 3. The number of nitrogens with two attached hydrogens (primary N) is 2. The quantitative estimate of drug-likeness (QED) is 0.0614. The second-order valence-corrected chi connectivity index (χ2v) is 21.1. The van der Waals surface area contributed by atoms with Gasteiger partial charge in [0, 0.05) is 32.2 Å². The van der Waals surface area contributed by atoms with E-state index in [1.807, 2.05) is 77.1 Å². The van der Waals surface area contributed by atoms with Crippen LogP contribution in [0.5, 0.6) is 0 Å². The topological polar surface area (TPSA) is 259 Å². The van der Waals surface area contributed by atoms with E-state index >= 15 is 4.39 Å². The summed E-state index contributed by atoms with van der Waals surface area (Å²) in [5.41, 5.74) is 18.0. The minimum Gasteiger partial charge on any atom is -0.391 e. The Kier molecular flexibility index (Phi) is 18.5. The molecule has 20 heteroatoms. The first-order chi connectivity index (χ1) is 34.2. The maximum absolute atomic E-state index is 16.0. The average Bonchev–Trinajstić information content (AvgIpc) is 4.05. The average molecular weight is 1040 g/mol. The zero-order valence-corrected chi connectivity index (χ0v) is 43.5. The summed E-state index contributed by atoms with van der Waals surface area (Å²) in [7, 11) is 0. The number of carbonyl (C=O) groups excluding carboxylic acids is 7. The summed E-state index contributed by atoms with van der Waals surface area (Å²) in [5.74, 6) is -4.42. The van der Waals surface area contributed by atoms with Crippen molar-refractivity contribution < 1.29 is 43.1 Å². The Balaban J connectivity index is 0.00000869. The number of thiazole rings is 1. The van der Waals surface area contributed by atoms with E-state index in [4.69, 9.17) is 11.5 Å². The van der Waals surface area contributed by atoms with Crippen LogP contribution in [0.15, 0.2) is 66.2 Å². The van der Waals surface area contributed by atoms with Crippen molar-refractivity contribution in [2.45, 2.75) is 148 Å². The summed E-state index contributed by atoms with van der Waals surface area (Å²) in [5, 5.41) is 21.8. The number of para-hydroxylation sites is 1. The Morgan fingerprint density at radius 3 is 2.30 bits per heavy atom. The zero-order chi connectivity index (χ0) is 52.0. The zero-order valence-electron chi connectivity index (χ0n) is 41.9. The largest absolute Gasteiger partial charge is 0.391 e. The van der Waals surface area contributed by atoms with Gasteiger partial charge in [0.05, 0.1) is 45.6 Å². The lowest BCUT2D eigenvalue weighted by Crippen LogP contribution is -2.57. The fourth-order valence-electron chi connectivity index (χ4n) is 9.80. The van der Waals surface area contributed by atoms with Crippen LogP contribution in [0.25, 0.3) is 10.4 Å². The van der Waals surface area contributed by atoms with Crippen molar-refractivity contribution in [2.75, 3.05) is 16.8 Å². The van der Waals surface area contributed by atoms with Crippen molar-refractivity contribution >= 4 is 76.5 Å². The number of primary amides is 1. The van der Waals surface area contributed by atoms with Gasteiger partial charge in [-0.2, -0.15) is 0 Å². The molecule has 0 bridgehead atoms. The highest BCUT2D eigenvalue weighted by atomic mass is 35.5. The molecule has 392 valence electrons. The van der Waals surface area contributed by atoms with Crippen molar-refractivity contribution in [3.8, 4) is 10.4 Å². The maximum Gasteiger partial charge on any atom is 0.247 e. The second-order valence-electron chi connectivity index (χ2n) is 20.3. The number of carbonyl (C=O) groups is 7. The number of hydrogen-bond donors (Lipinski definition) is 7. The van der Waals surface area contributed by atoms with Crippen LogP contribution in [0.4, 0.5) is 15.8 Å². The minimum atomic E-state index is -1.29. The molecule has 17 nitrogen and oxygen atoms in total. The van der Waals surface area contributed by atoms with Gasteiger partial charge in [-0.25, -0.2) is 9.37 Å². The predicted octanol–water partition coefficient (Wildman–Crippen LogP) is 5.07. The first-order valence-corrected chi connectivity index (χ1v) is 25.5. The third kappa shape index (κ3) is 13.3. The van der Waals surface area contributed by atoms with Gasteiger partial charge in [0.1, 0.15) is 30.0 Å². The van der Waals surface area contributed by atoms with E-state index in [2.05, 4.69) is 26.3 Å². The third-order valence-electron chi connectivity index (χ3n) is 13.8. The number of aromatic nitrogens is 1. The molecule has 1 aromatic heterocycles. The van der Waals surface area contributed by atoms with Gasteiger partial charge in [-0.3, -0.25) is 38.5 Å². The highest BCUT2D eigenvalue weighted by Crippen LogP contribution is 2.39. The molecule has 3 aromatic carbocycles. The van der Waals surface area contributed by atoms with Gasteiger partial charge in [0.25, 0.3) is 0 Å². The van der Waals surface area contributed by atoms with Gasteiger partial charge in [-0.15, -0.1) is 23.7 Å². The number of aliphatic hydroxyl groups is 1. The van der Waals surface area contributed by atoms with Crippen LogP contribution >= 0.6 is 23.7 Å². The maximum atomic E-state index is 16.0. The second kappa shape index (κ2) is 24.2. The van der Waals surface area contributed by atoms with Gasteiger partial charge in [0.15, 0.2) is 0 Å².